The van der Waals surface area contributed by atoms with E-state index in [0.717, 1.165) is 13.1 Å². The highest BCUT2D eigenvalue weighted by Crippen LogP contribution is 2.24. The first-order valence-electron chi connectivity index (χ1n) is 5.34. The molecule has 2 rings (SSSR count). The second-order valence-electron chi connectivity index (χ2n) is 3.73. The van der Waals surface area contributed by atoms with Crippen molar-refractivity contribution in [3.8, 4) is 0 Å². The molecule has 0 radical (unpaired) electrons. The van der Waals surface area contributed by atoms with Crippen LogP contribution in [0.5, 0.6) is 0 Å². The quantitative estimate of drug-likeness (QED) is 0.779. The lowest BCUT2D eigenvalue weighted by molar-refractivity contribution is -0.0326. The molecule has 0 bridgehead atoms. The predicted octanol–water partition coefficient (Wildman–Crippen LogP) is 2.32. The van der Waals surface area contributed by atoms with Gasteiger partial charge in [-0.15, -0.1) is 0 Å². The lowest BCUT2D eigenvalue weighted by atomic mass is 10.2. The zero-order valence-corrected chi connectivity index (χ0v) is 10.8. The zero-order chi connectivity index (χ0) is 12.4. The van der Waals surface area contributed by atoms with Crippen LogP contribution in [0.2, 0.25) is 10.3 Å². The van der Waals surface area contributed by atoms with Crippen LogP contribution in [0.25, 0.3) is 0 Å². The van der Waals surface area contributed by atoms with E-state index in [1.54, 1.807) is 0 Å². The van der Waals surface area contributed by atoms with E-state index in [1.807, 2.05) is 0 Å². The maximum atomic E-state index is 13.2. The number of hydrogen-bond acceptors (Lipinski definition) is 4. The van der Waals surface area contributed by atoms with Gasteiger partial charge in [0.1, 0.15) is 6.10 Å². The van der Waals surface area contributed by atoms with Crippen molar-refractivity contribution in [1.29, 1.82) is 0 Å². The third-order valence-corrected chi connectivity index (χ3v) is 3.17. The average molecular weight is 280 g/mol. The number of morpholine rings is 1. The first kappa shape index (κ1) is 13.0. The van der Waals surface area contributed by atoms with Crippen LogP contribution in [0.4, 0.5) is 4.39 Å². The normalized spacial score (nSPS) is 21.8. The zero-order valence-electron chi connectivity index (χ0n) is 9.29. The SMILES string of the molecule is CCN1CCOC(c2nc(Cl)c(F)c(Cl)n2)C1. The Morgan fingerprint density at radius 2 is 2.06 bits per heavy atom. The van der Waals surface area contributed by atoms with Gasteiger partial charge in [-0.1, -0.05) is 30.1 Å². The van der Waals surface area contributed by atoms with E-state index in [4.69, 9.17) is 27.9 Å². The fraction of sp³-hybridized carbons (Fsp3) is 0.600. The Bertz CT molecular complexity index is 396. The summed E-state index contributed by atoms with van der Waals surface area (Å²) < 4.78 is 18.7. The van der Waals surface area contributed by atoms with Crippen molar-refractivity contribution in [3.05, 3.63) is 21.9 Å². The topological polar surface area (TPSA) is 38.2 Å². The molecule has 1 atom stereocenters. The number of ether oxygens (including phenoxy) is 1. The van der Waals surface area contributed by atoms with Gasteiger partial charge in [-0.05, 0) is 6.54 Å². The molecule has 1 unspecified atom stereocenters. The van der Waals surface area contributed by atoms with E-state index in [0.29, 0.717) is 19.0 Å². The highest BCUT2D eigenvalue weighted by atomic mass is 35.5. The molecule has 0 aromatic carbocycles. The van der Waals surface area contributed by atoms with E-state index in [-0.39, 0.29) is 16.4 Å². The largest absolute Gasteiger partial charge is 0.368 e. The Kier molecular flexibility index (Phi) is 4.14. The van der Waals surface area contributed by atoms with Crippen molar-refractivity contribution in [3.63, 3.8) is 0 Å². The summed E-state index contributed by atoms with van der Waals surface area (Å²) in [4.78, 5) is 9.94. The number of hydrogen-bond donors (Lipinski definition) is 0. The van der Waals surface area contributed by atoms with Gasteiger partial charge in [-0.3, -0.25) is 4.90 Å². The highest BCUT2D eigenvalue weighted by Gasteiger charge is 2.25. The molecule has 1 aromatic rings. The van der Waals surface area contributed by atoms with E-state index in [2.05, 4.69) is 21.8 Å². The van der Waals surface area contributed by atoms with Crippen LogP contribution in [0, 0.1) is 5.82 Å². The van der Waals surface area contributed by atoms with Crippen molar-refractivity contribution in [2.75, 3.05) is 26.2 Å². The minimum absolute atomic E-state index is 0.266. The van der Waals surface area contributed by atoms with Crippen molar-refractivity contribution in [2.24, 2.45) is 0 Å². The third-order valence-electron chi connectivity index (χ3n) is 2.67. The molecule has 1 aromatic heterocycles. The summed E-state index contributed by atoms with van der Waals surface area (Å²) >= 11 is 11.3. The van der Waals surface area contributed by atoms with Gasteiger partial charge in [0.25, 0.3) is 0 Å². The number of aromatic nitrogens is 2. The number of halogens is 3. The highest BCUT2D eigenvalue weighted by molar-refractivity contribution is 6.33. The molecule has 4 nitrogen and oxygen atoms in total. The van der Waals surface area contributed by atoms with Crippen LogP contribution >= 0.6 is 23.2 Å². The summed E-state index contributed by atoms with van der Waals surface area (Å²) in [5.74, 6) is -0.459. The molecule has 0 amide bonds. The molecule has 1 aliphatic rings. The molecular formula is C10H12Cl2FN3O. The lowest BCUT2D eigenvalue weighted by Crippen LogP contribution is -2.38. The Balaban J connectivity index is 2.22. The second kappa shape index (κ2) is 5.44. The second-order valence-corrected chi connectivity index (χ2v) is 4.45. The number of likely N-dealkylation sites (N-methyl/N-ethyl adjacent to an activating group) is 1. The molecule has 0 saturated carbocycles. The molecule has 1 saturated heterocycles. The molecular weight excluding hydrogens is 268 g/mol. The molecule has 1 aliphatic heterocycles. The van der Waals surface area contributed by atoms with Gasteiger partial charge < -0.3 is 4.74 Å². The third kappa shape index (κ3) is 2.85. The molecule has 0 aliphatic carbocycles. The van der Waals surface area contributed by atoms with Gasteiger partial charge in [-0.25, -0.2) is 14.4 Å². The lowest BCUT2D eigenvalue weighted by Gasteiger charge is -2.31. The summed E-state index contributed by atoms with van der Waals surface area (Å²) in [7, 11) is 0. The summed E-state index contributed by atoms with van der Waals surface area (Å²) in [6.07, 6.45) is -0.306. The van der Waals surface area contributed by atoms with E-state index in [9.17, 15) is 4.39 Å². The van der Waals surface area contributed by atoms with Crippen molar-refractivity contribution >= 4 is 23.2 Å². The van der Waals surface area contributed by atoms with E-state index >= 15 is 0 Å². The summed E-state index contributed by atoms with van der Waals surface area (Å²) in [5.41, 5.74) is 0. The fourth-order valence-corrected chi connectivity index (χ4v) is 2.10. The Morgan fingerprint density at radius 3 is 2.65 bits per heavy atom. The van der Waals surface area contributed by atoms with Crippen LogP contribution in [-0.4, -0.2) is 41.1 Å². The van der Waals surface area contributed by atoms with Crippen molar-refractivity contribution < 1.29 is 9.13 Å². The molecule has 1 fully saturated rings. The molecule has 2 heterocycles. The fourth-order valence-electron chi connectivity index (χ4n) is 1.70. The number of nitrogens with zero attached hydrogens (tertiary/aromatic N) is 3. The minimum Gasteiger partial charge on any atom is -0.368 e. The van der Waals surface area contributed by atoms with Gasteiger partial charge in [0, 0.05) is 13.1 Å². The molecule has 94 valence electrons. The maximum absolute atomic E-state index is 13.2. The Labute approximate surface area is 109 Å². The van der Waals surface area contributed by atoms with Gasteiger partial charge >= 0.3 is 0 Å². The minimum atomic E-state index is -0.791. The van der Waals surface area contributed by atoms with E-state index in [1.165, 1.54) is 0 Å². The average Bonchev–Trinajstić information content (AvgIpc) is 2.35. The van der Waals surface area contributed by atoms with Crippen molar-refractivity contribution in [2.45, 2.75) is 13.0 Å². The summed E-state index contributed by atoms with van der Waals surface area (Å²) in [6, 6.07) is 0. The van der Waals surface area contributed by atoms with Gasteiger partial charge in [0.15, 0.2) is 21.9 Å². The molecule has 0 spiro atoms. The standard InChI is InChI=1S/C10H12Cl2FN3O/c1-2-16-3-4-17-6(5-16)10-14-8(11)7(13)9(12)15-10/h6H,2-5H2,1H3. The molecule has 0 N–H and O–H groups in total. The van der Waals surface area contributed by atoms with Crippen LogP contribution in [0.1, 0.15) is 18.9 Å². The van der Waals surface area contributed by atoms with Crippen LogP contribution < -0.4 is 0 Å². The van der Waals surface area contributed by atoms with Gasteiger partial charge in [-0.2, -0.15) is 0 Å². The monoisotopic (exact) mass is 279 g/mol. The van der Waals surface area contributed by atoms with Crippen LogP contribution in [0.3, 0.4) is 0 Å². The molecule has 7 heteroatoms. The first-order valence-corrected chi connectivity index (χ1v) is 6.09. The van der Waals surface area contributed by atoms with Crippen LogP contribution in [-0.2, 0) is 4.74 Å². The Hall–Kier alpha value is -0.490. The Morgan fingerprint density at radius 1 is 1.41 bits per heavy atom. The molecule has 17 heavy (non-hydrogen) atoms. The summed E-state index contributed by atoms with van der Waals surface area (Å²) in [6.45, 7) is 5.11. The van der Waals surface area contributed by atoms with Crippen molar-refractivity contribution in [1.82, 2.24) is 14.9 Å². The summed E-state index contributed by atoms with van der Waals surface area (Å²) in [5, 5.41) is -0.533. The van der Waals surface area contributed by atoms with Gasteiger partial charge in [0.2, 0.25) is 0 Å². The number of rotatable bonds is 2. The maximum Gasteiger partial charge on any atom is 0.197 e. The predicted molar refractivity (Wildman–Crippen MR) is 62.8 cm³/mol. The first-order chi connectivity index (χ1) is 8.11. The smallest absolute Gasteiger partial charge is 0.197 e. The van der Waals surface area contributed by atoms with E-state index < -0.39 is 5.82 Å². The van der Waals surface area contributed by atoms with Gasteiger partial charge in [0.05, 0.1) is 6.61 Å². The van der Waals surface area contributed by atoms with Crippen LogP contribution in [0.15, 0.2) is 0 Å².